The van der Waals surface area contributed by atoms with Crippen LogP contribution < -0.4 is 4.72 Å². The Bertz CT molecular complexity index is 895. The van der Waals surface area contributed by atoms with Crippen LogP contribution in [0.25, 0.3) is 0 Å². The number of carbonyl (C=O) groups is 1. The fourth-order valence-electron chi connectivity index (χ4n) is 2.98. The summed E-state index contributed by atoms with van der Waals surface area (Å²) in [6.07, 6.45) is 1.07. The van der Waals surface area contributed by atoms with Crippen molar-refractivity contribution in [2.75, 3.05) is 0 Å². The van der Waals surface area contributed by atoms with Gasteiger partial charge in [-0.05, 0) is 41.7 Å². The van der Waals surface area contributed by atoms with Crippen LogP contribution in [0.2, 0.25) is 5.02 Å². The van der Waals surface area contributed by atoms with Crippen LogP contribution in [0.5, 0.6) is 0 Å². The molecule has 7 heteroatoms. The number of benzene rings is 2. The zero-order valence-electron chi connectivity index (χ0n) is 12.7. The average molecular weight is 366 g/mol. The Kier molecular flexibility index (Phi) is 4.62. The van der Waals surface area contributed by atoms with E-state index in [1.807, 2.05) is 12.1 Å². The van der Waals surface area contributed by atoms with Crippen molar-refractivity contribution >= 4 is 27.6 Å². The van der Waals surface area contributed by atoms with Crippen LogP contribution in [0.1, 0.15) is 16.7 Å². The molecule has 0 saturated heterocycles. The number of fused-ring (bicyclic) bond motifs is 1. The smallest absolute Gasteiger partial charge is 0.307 e. The summed E-state index contributed by atoms with van der Waals surface area (Å²) in [5.41, 5.74) is 2.74. The minimum absolute atomic E-state index is 0.0384. The lowest BCUT2D eigenvalue weighted by Gasteiger charge is -2.13. The minimum atomic E-state index is -3.70. The third-order valence-corrected chi connectivity index (χ3v) is 6.03. The molecule has 2 aromatic rings. The molecule has 0 spiro atoms. The number of aliphatic carboxylic acids is 1. The Hall–Kier alpha value is -1.89. The zero-order chi connectivity index (χ0) is 17.3. The summed E-state index contributed by atoms with van der Waals surface area (Å²) in [6.45, 7) is 0. The molecule has 2 N–H and O–H groups in total. The molecule has 0 heterocycles. The van der Waals surface area contributed by atoms with Gasteiger partial charge in [-0.15, -0.1) is 0 Å². The van der Waals surface area contributed by atoms with Crippen molar-refractivity contribution in [2.45, 2.75) is 30.2 Å². The highest BCUT2D eigenvalue weighted by atomic mass is 35.5. The first kappa shape index (κ1) is 17.0. The maximum atomic E-state index is 12.5. The predicted octanol–water partition coefficient (Wildman–Crippen LogP) is 2.41. The third kappa shape index (κ3) is 3.61. The Morgan fingerprint density at radius 1 is 1.17 bits per heavy atom. The number of halogens is 1. The van der Waals surface area contributed by atoms with Gasteiger partial charge in [0.25, 0.3) is 0 Å². The number of carboxylic acids is 1. The van der Waals surface area contributed by atoms with Gasteiger partial charge in [0.1, 0.15) is 4.90 Å². The van der Waals surface area contributed by atoms with E-state index in [0.717, 1.165) is 16.7 Å². The van der Waals surface area contributed by atoms with Crippen LogP contribution in [-0.2, 0) is 34.1 Å². The van der Waals surface area contributed by atoms with E-state index in [1.165, 1.54) is 12.1 Å². The van der Waals surface area contributed by atoms with Gasteiger partial charge in [0.05, 0.1) is 11.4 Å². The number of nitrogens with one attached hydrogen (secondary N) is 1. The minimum Gasteiger partial charge on any atom is -0.481 e. The maximum absolute atomic E-state index is 12.5. The van der Waals surface area contributed by atoms with Gasteiger partial charge >= 0.3 is 5.97 Å². The lowest BCUT2D eigenvalue weighted by molar-refractivity contribution is -0.136. The van der Waals surface area contributed by atoms with Crippen molar-refractivity contribution in [1.82, 2.24) is 4.72 Å². The predicted molar refractivity (Wildman–Crippen MR) is 90.8 cm³/mol. The molecule has 1 atom stereocenters. The Balaban J connectivity index is 1.76. The first-order valence-electron chi connectivity index (χ1n) is 7.44. The molecule has 0 aromatic heterocycles. The van der Waals surface area contributed by atoms with Crippen LogP contribution >= 0.6 is 11.6 Å². The second kappa shape index (κ2) is 6.55. The molecule has 24 heavy (non-hydrogen) atoms. The number of hydrogen-bond acceptors (Lipinski definition) is 3. The van der Waals surface area contributed by atoms with E-state index in [4.69, 9.17) is 16.7 Å². The molecule has 0 amide bonds. The Labute approximate surface area is 145 Å². The van der Waals surface area contributed by atoms with E-state index in [0.29, 0.717) is 12.8 Å². The fraction of sp³-hybridized carbons (Fsp3) is 0.235. The van der Waals surface area contributed by atoms with Gasteiger partial charge in [-0.3, -0.25) is 4.79 Å². The molecule has 2 aromatic carbocycles. The molecule has 1 aliphatic rings. The summed E-state index contributed by atoms with van der Waals surface area (Å²) in [6, 6.07) is 11.5. The Morgan fingerprint density at radius 3 is 2.58 bits per heavy atom. The molecule has 0 bridgehead atoms. The summed E-state index contributed by atoms with van der Waals surface area (Å²) < 4.78 is 27.7. The molecule has 1 aliphatic carbocycles. The molecular weight excluding hydrogens is 350 g/mol. The Morgan fingerprint density at radius 2 is 1.88 bits per heavy atom. The van der Waals surface area contributed by atoms with Crippen LogP contribution in [0.3, 0.4) is 0 Å². The summed E-state index contributed by atoms with van der Waals surface area (Å²) in [7, 11) is -3.70. The van der Waals surface area contributed by atoms with Crippen molar-refractivity contribution in [1.29, 1.82) is 0 Å². The third-order valence-electron chi connectivity index (χ3n) is 4.01. The van der Waals surface area contributed by atoms with Gasteiger partial charge < -0.3 is 5.11 Å². The van der Waals surface area contributed by atoms with E-state index in [9.17, 15) is 13.2 Å². The molecule has 5 nitrogen and oxygen atoms in total. The van der Waals surface area contributed by atoms with Crippen molar-refractivity contribution in [2.24, 2.45) is 0 Å². The number of sulfonamides is 1. The molecular formula is C17H16ClNO4S. The van der Waals surface area contributed by atoms with Crippen molar-refractivity contribution in [3.63, 3.8) is 0 Å². The highest BCUT2D eigenvalue weighted by molar-refractivity contribution is 7.89. The van der Waals surface area contributed by atoms with Crippen LogP contribution in [-0.4, -0.2) is 25.5 Å². The van der Waals surface area contributed by atoms with E-state index in [2.05, 4.69) is 4.72 Å². The summed E-state index contributed by atoms with van der Waals surface area (Å²) >= 11 is 5.98. The fourth-order valence-corrected chi connectivity index (χ4v) is 4.74. The normalized spacial score (nSPS) is 16.8. The second-order valence-electron chi connectivity index (χ2n) is 5.83. The highest BCUT2D eigenvalue weighted by Gasteiger charge is 2.27. The van der Waals surface area contributed by atoms with E-state index < -0.39 is 16.0 Å². The lowest BCUT2D eigenvalue weighted by Crippen LogP contribution is -2.35. The molecule has 0 radical (unpaired) electrons. The van der Waals surface area contributed by atoms with E-state index in [1.54, 1.807) is 18.2 Å². The number of hydrogen-bond donors (Lipinski definition) is 2. The number of rotatable bonds is 5. The summed E-state index contributed by atoms with van der Waals surface area (Å²) in [5, 5.41) is 9.05. The van der Waals surface area contributed by atoms with Crippen LogP contribution in [0, 0.1) is 0 Å². The van der Waals surface area contributed by atoms with E-state index >= 15 is 0 Å². The monoisotopic (exact) mass is 365 g/mol. The molecule has 0 saturated carbocycles. The summed E-state index contributed by atoms with van der Waals surface area (Å²) in [5.74, 6) is -0.885. The van der Waals surface area contributed by atoms with E-state index in [-0.39, 0.29) is 22.4 Å². The van der Waals surface area contributed by atoms with Gasteiger partial charge in [0.2, 0.25) is 10.0 Å². The lowest BCUT2D eigenvalue weighted by atomic mass is 10.0. The van der Waals surface area contributed by atoms with Crippen LogP contribution in [0.15, 0.2) is 47.4 Å². The largest absolute Gasteiger partial charge is 0.481 e. The molecule has 0 fully saturated rings. The molecule has 1 unspecified atom stereocenters. The standard InChI is InChI=1S/C17H16ClNO4S/c18-15-3-1-2-4-16(15)24(22,23)19-14-9-12-6-5-11(8-17(20)21)7-13(12)10-14/h1-7,14,19H,8-10H2,(H,20,21). The quantitative estimate of drug-likeness (QED) is 0.852. The zero-order valence-corrected chi connectivity index (χ0v) is 14.3. The van der Waals surface area contributed by atoms with Gasteiger partial charge in [-0.25, -0.2) is 13.1 Å². The first-order chi connectivity index (χ1) is 11.3. The molecule has 126 valence electrons. The summed E-state index contributed by atoms with van der Waals surface area (Å²) in [4.78, 5) is 10.9. The first-order valence-corrected chi connectivity index (χ1v) is 9.30. The average Bonchev–Trinajstić information content (AvgIpc) is 2.87. The van der Waals surface area contributed by atoms with Gasteiger partial charge in [0, 0.05) is 6.04 Å². The number of carboxylic acid groups (broad SMARTS) is 1. The second-order valence-corrected chi connectivity index (χ2v) is 7.92. The van der Waals surface area contributed by atoms with Gasteiger partial charge in [-0.1, -0.05) is 41.9 Å². The maximum Gasteiger partial charge on any atom is 0.307 e. The van der Waals surface area contributed by atoms with Gasteiger partial charge in [0.15, 0.2) is 0 Å². The van der Waals surface area contributed by atoms with Crippen molar-refractivity contribution < 1.29 is 18.3 Å². The van der Waals surface area contributed by atoms with Crippen molar-refractivity contribution in [3.05, 3.63) is 64.2 Å². The van der Waals surface area contributed by atoms with Crippen molar-refractivity contribution in [3.8, 4) is 0 Å². The van der Waals surface area contributed by atoms with Crippen LogP contribution in [0.4, 0.5) is 0 Å². The molecule has 3 rings (SSSR count). The topological polar surface area (TPSA) is 83.5 Å². The highest BCUT2D eigenvalue weighted by Crippen LogP contribution is 2.26. The van der Waals surface area contributed by atoms with Gasteiger partial charge in [-0.2, -0.15) is 0 Å². The SMILES string of the molecule is O=C(O)Cc1ccc2c(c1)CC(NS(=O)(=O)c1ccccc1Cl)C2. The molecule has 0 aliphatic heterocycles.